The minimum atomic E-state index is 0.393. The van der Waals surface area contributed by atoms with Crippen molar-refractivity contribution in [2.24, 2.45) is 12.8 Å². The lowest BCUT2D eigenvalue weighted by atomic mass is 10.1. The van der Waals surface area contributed by atoms with Crippen LogP contribution < -0.4 is 5.73 Å². The van der Waals surface area contributed by atoms with Crippen molar-refractivity contribution in [2.75, 3.05) is 0 Å². The molecule has 0 unspecified atom stereocenters. The summed E-state index contributed by atoms with van der Waals surface area (Å²) in [7, 11) is 1.89. The standard InChI is InChI=1S/C9H8BrN3S/c1-13-8-3-5(10)2-6(9(11)14)7(8)4-12-13/h2-4H,1H3,(H2,11,14). The maximum absolute atomic E-state index is 5.63. The van der Waals surface area contributed by atoms with Gasteiger partial charge in [-0.3, -0.25) is 4.68 Å². The van der Waals surface area contributed by atoms with Gasteiger partial charge in [0.25, 0.3) is 0 Å². The Hall–Kier alpha value is -0.940. The second kappa shape index (κ2) is 3.33. The van der Waals surface area contributed by atoms with Gasteiger partial charge in [0.05, 0.1) is 11.7 Å². The predicted octanol–water partition coefficient (Wildman–Crippen LogP) is 1.97. The topological polar surface area (TPSA) is 43.8 Å². The van der Waals surface area contributed by atoms with Gasteiger partial charge < -0.3 is 5.73 Å². The average molecular weight is 270 g/mol. The lowest BCUT2D eigenvalue weighted by Crippen LogP contribution is -2.09. The number of aromatic nitrogens is 2. The molecule has 0 amide bonds. The number of fused-ring (bicyclic) bond motifs is 1. The van der Waals surface area contributed by atoms with Gasteiger partial charge in [-0.15, -0.1) is 0 Å². The molecule has 0 saturated heterocycles. The van der Waals surface area contributed by atoms with Gasteiger partial charge in [0, 0.05) is 22.5 Å². The SMILES string of the molecule is Cn1ncc2c(C(N)=S)cc(Br)cc21. The Balaban J connectivity index is 2.88. The number of thiocarbonyl (C=S) groups is 1. The van der Waals surface area contributed by atoms with Crippen LogP contribution in [0.5, 0.6) is 0 Å². The van der Waals surface area contributed by atoms with Gasteiger partial charge in [-0.25, -0.2) is 0 Å². The summed E-state index contributed by atoms with van der Waals surface area (Å²) in [6.45, 7) is 0. The van der Waals surface area contributed by atoms with Crippen molar-refractivity contribution in [3.63, 3.8) is 0 Å². The van der Waals surface area contributed by atoms with E-state index in [9.17, 15) is 0 Å². The molecule has 0 radical (unpaired) electrons. The smallest absolute Gasteiger partial charge is 0.104 e. The Kier molecular flexibility index (Phi) is 2.28. The first-order valence-corrected chi connectivity index (χ1v) is 5.21. The largest absolute Gasteiger partial charge is 0.389 e. The summed E-state index contributed by atoms with van der Waals surface area (Å²) < 4.78 is 2.75. The molecule has 2 N–H and O–H groups in total. The van der Waals surface area contributed by atoms with Crippen LogP contribution in [0.4, 0.5) is 0 Å². The van der Waals surface area contributed by atoms with E-state index in [-0.39, 0.29) is 0 Å². The number of benzene rings is 1. The Labute approximate surface area is 95.0 Å². The Bertz CT molecular complexity index is 518. The Morgan fingerprint density at radius 3 is 2.93 bits per heavy atom. The quantitative estimate of drug-likeness (QED) is 0.806. The van der Waals surface area contributed by atoms with Crippen LogP contribution in [0.15, 0.2) is 22.8 Å². The van der Waals surface area contributed by atoms with E-state index in [1.165, 1.54) is 0 Å². The van der Waals surface area contributed by atoms with E-state index in [2.05, 4.69) is 21.0 Å². The van der Waals surface area contributed by atoms with Crippen LogP contribution in [-0.4, -0.2) is 14.8 Å². The summed E-state index contributed by atoms with van der Waals surface area (Å²) in [5.41, 5.74) is 7.51. The number of nitrogens with two attached hydrogens (primary N) is 1. The minimum absolute atomic E-state index is 0.393. The normalized spacial score (nSPS) is 10.7. The Morgan fingerprint density at radius 2 is 2.29 bits per heavy atom. The van der Waals surface area contributed by atoms with Gasteiger partial charge in [-0.05, 0) is 12.1 Å². The van der Waals surface area contributed by atoms with E-state index in [1.807, 2.05) is 19.2 Å². The van der Waals surface area contributed by atoms with E-state index in [1.54, 1.807) is 10.9 Å². The van der Waals surface area contributed by atoms with Crippen LogP contribution >= 0.6 is 28.1 Å². The molecule has 5 heteroatoms. The molecular formula is C9H8BrN3S. The van der Waals surface area contributed by atoms with Gasteiger partial charge in [-0.2, -0.15) is 5.10 Å². The first-order valence-electron chi connectivity index (χ1n) is 4.00. The zero-order valence-corrected chi connectivity index (χ0v) is 9.89. The highest BCUT2D eigenvalue weighted by Crippen LogP contribution is 2.23. The number of aryl methyl sites for hydroxylation is 1. The maximum atomic E-state index is 5.63. The van der Waals surface area contributed by atoms with Crippen LogP contribution in [0.1, 0.15) is 5.56 Å². The number of nitrogens with zero attached hydrogens (tertiary/aromatic N) is 2. The summed E-state index contributed by atoms with van der Waals surface area (Å²) in [5, 5.41) is 5.15. The van der Waals surface area contributed by atoms with Crippen molar-refractivity contribution < 1.29 is 0 Å². The van der Waals surface area contributed by atoms with Crippen LogP contribution in [0.3, 0.4) is 0 Å². The van der Waals surface area contributed by atoms with E-state index >= 15 is 0 Å². The lowest BCUT2D eigenvalue weighted by molar-refractivity contribution is 0.797. The molecule has 1 aromatic heterocycles. The molecular weight excluding hydrogens is 262 g/mol. The summed E-state index contributed by atoms with van der Waals surface area (Å²) in [4.78, 5) is 0.393. The van der Waals surface area contributed by atoms with Crippen LogP contribution in [0.2, 0.25) is 0 Å². The summed E-state index contributed by atoms with van der Waals surface area (Å²) >= 11 is 8.39. The zero-order chi connectivity index (χ0) is 10.3. The molecule has 14 heavy (non-hydrogen) atoms. The monoisotopic (exact) mass is 269 g/mol. The van der Waals surface area contributed by atoms with Crippen molar-refractivity contribution in [3.8, 4) is 0 Å². The molecule has 0 fully saturated rings. The van der Waals surface area contributed by atoms with Gasteiger partial charge in [0.1, 0.15) is 4.99 Å². The number of hydrogen-bond donors (Lipinski definition) is 1. The van der Waals surface area contributed by atoms with E-state index < -0.39 is 0 Å². The number of rotatable bonds is 1. The van der Waals surface area contributed by atoms with Crippen LogP contribution in [0.25, 0.3) is 10.9 Å². The molecule has 0 aliphatic heterocycles. The fraction of sp³-hybridized carbons (Fsp3) is 0.111. The third-order valence-electron chi connectivity index (χ3n) is 2.10. The molecule has 0 saturated carbocycles. The van der Waals surface area contributed by atoms with Crippen molar-refractivity contribution in [1.29, 1.82) is 0 Å². The van der Waals surface area contributed by atoms with Crippen LogP contribution in [0, 0.1) is 0 Å². The molecule has 0 aliphatic rings. The van der Waals surface area contributed by atoms with Gasteiger partial charge in [0.2, 0.25) is 0 Å². The molecule has 72 valence electrons. The Morgan fingerprint density at radius 1 is 1.57 bits per heavy atom. The maximum Gasteiger partial charge on any atom is 0.104 e. The minimum Gasteiger partial charge on any atom is -0.389 e. The van der Waals surface area contributed by atoms with Gasteiger partial charge in [-0.1, -0.05) is 28.1 Å². The highest BCUT2D eigenvalue weighted by atomic mass is 79.9. The highest BCUT2D eigenvalue weighted by molar-refractivity contribution is 9.10. The summed E-state index contributed by atoms with van der Waals surface area (Å²) in [6, 6.07) is 3.90. The molecule has 0 bridgehead atoms. The fourth-order valence-electron chi connectivity index (χ4n) is 1.42. The van der Waals surface area contributed by atoms with Crippen molar-refractivity contribution in [2.45, 2.75) is 0 Å². The zero-order valence-electron chi connectivity index (χ0n) is 7.49. The van der Waals surface area contributed by atoms with Gasteiger partial charge >= 0.3 is 0 Å². The molecule has 1 heterocycles. The highest BCUT2D eigenvalue weighted by Gasteiger charge is 2.08. The molecule has 0 spiro atoms. The average Bonchev–Trinajstić information content (AvgIpc) is 2.47. The van der Waals surface area contributed by atoms with Crippen molar-refractivity contribution >= 4 is 44.0 Å². The fourth-order valence-corrected chi connectivity index (χ4v) is 2.03. The first kappa shape index (κ1) is 9.61. The first-order chi connectivity index (χ1) is 6.59. The molecule has 0 aliphatic carbocycles. The number of halogens is 1. The third-order valence-corrected chi connectivity index (χ3v) is 2.77. The van der Waals surface area contributed by atoms with Crippen molar-refractivity contribution in [1.82, 2.24) is 9.78 Å². The van der Waals surface area contributed by atoms with Gasteiger partial charge in [0.15, 0.2) is 0 Å². The number of hydrogen-bond acceptors (Lipinski definition) is 2. The predicted molar refractivity (Wildman–Crippen MR) is 64.3 cm³/mol. The molecule has 3 nitrogen and oxygen atoms in total. The summed E-state index contributed by atoms with van der Waals surface area (Å²) in [6.07, 6.45) is 1.77. The molecule has 2 aromatic rings. The molecule has 1 aromatic carbocycles. The van der Waals surface area contributed by atoms with Crippen LogP contribution in [-0.2, 0) is 7.05 Å². The molecule has 0 atom stereocenters. The van der Waals surface area contributed by atoms with E-state index in [4.69, 9.17) is 18.0 Å². The second-order valence-corrected chi connectivity index (χ2v) is 4.37. The second-order valence-electron chi connectivity index (χ2n) is 3.02. The third kappa shape index (κ3) is 1.42. The van der Waals surface area contributed by atoms with Crippen molar-refractivity contribution in [3.05, 3.63) is 28.4 Å². The van der Waals surface area contributed by atoms with E-state index in [0.717, 1.165) is 20.9 Å². The van der Waals surface area contributed by atoms with E-state index in [0.29, 0.717) is 4.99 Å². The lowest BCUT2D eigenvalue weighted by Gasteiger charge is -2.02. The summed E-state index contributed by atoms with van der Waals surface area (Å²) in [5.74, 6) is 0. The molecule has 2 rings (SSSR count).